The zero-order valence-electron chi connectivity index (χ0n) is 16.9. The van der Waals surface area contributed by atoms with Crippen LogP contribution in [0.5, 0.6) is 0 Å². The van der Waals surface area contributed by atoms with Gasteiger partial charge in [0.2, 0.25) is 5.91 Å². The van der Waals surface area contributed by atoms with Gasteiger partial charge in [0.25, 0.3) is 0 Å². The topological polar surface area (TPSA) is 73.9 Å². The van der Waals surface area contributed by atoms with Crippen molar-refractivity contribution in [2.45, 2.75) is 58.1 Å². The molecule has 154 valence electrons. The molecule has 3 rings (SSSR count). The molecule has 0 spiro atoms. The minimum absolute atomic E-state index is 0.169. The highest BCUT2D eigenvalue weighted by molar-refractivity contribution is 5.95. The quantitative estimate of drug-likeness (QED) is 0.755. The van der Waals surface area contributed by atoms with Crippen LogP contribution in [0.15, 0.2) is 0 Å². The largest absolute Gasteiger partial charge is 0.377 e. The van der Waals surface area contributed by atoms with Gasteiger partial charge in [-0.3, -0.25) is 19.9 Å². The summed E-state index contributed by atoms with van der Waals surface area (Å²) >= 11 is 0. The monoisotopic (exact) mass is 380 g/mol. The summed E-state index contributed by atoms with van der Waals surface area (Å²) < 4.78 is 5.70. The molecular formula is C20H36N4O3. The Balaban J connectivity index is 1.32. The van der Waals surface area contributed by atoms with E-state index in [1.165, 1.54) is 12.8 Å². The van der Waals surface area contributed by atoms with E-state index in [9.17, 15) is 9.59 Å². The SMILES string of the molecule is C[C@H]1[C@@H](NC(=O)NC(=O)CN2CCN(C[C@@H]3CCCO3)CC2)CCC[C@@H]1C. The summed E-state index contributed by atoms with van der Waals surface area (Å²) in [5.41, 5.74) is 0. The number of nitrogens with one attached hydrogen (secondary N) is 2. The van der Waals surface area contributed by atoms with Crippen molar-refractivity contribution in [3.8, 4) is 0 Å². The summed E-state index contributed by atoms with van der Waals surface area (Å²) in [4.78, 5) is 28.9. The fourth-order valence-corrected chi connectivity index (χ4v) is 4.57. The maximum Gasteiger partial charge on any atom is 0.321 e. The maximum atomic E-state index is 12.2. The van der Waals surface area contributed by atoms with Crippen LogP contribution in [-0.4, -0.2) is 79.8 Å². The van der Waals surface area contributed by atoms with E-state index in [2.05, 4.69) is 34.3 Å². The number of ether oxygens (including phenoxy) is 1. The Kier molecular flexibility index (Phi) is 7.49. The highest BCUT2D eigenvalue weighted by Crippen LogP contribution is 2.29. The van der Waals surface area contributed by atoms with Gasteiger partial charge in [-0.05, 0) is 31.1 Å². The second-order valence-electron chi connectivity index (χ2n) is 8.61. The van der Waals surface area contributed by atoms with E-state index in [-0.39, 0.29) is 24.5 Å². The number of rotatable bonds is 5. The predicted molar refractivity (Wildman–Crippen MR) is 104 cm³/mol. The molecule has 0 aromatic heterocycles. The van der Waals surface area contributed by atoms with Gasteiger partial charge in [-0.1, -0.05) is 26.7 Å². The molecular weight excluding hydrogens is 344 g/mol. The number of carbonyl (C=O) groups excluding carboxylic acids is 2. The molecule has 4 atom stereocenters. The Bertz CT molecular complexity index is 501. The molecule has 7 nitrogen and oxygen atoms in total. The van der Waals surface area contributed by atoms with Crippen LogP contribution in [0.2, 0.25) is 0 Å². The maximum absolute atomic E-state index is 12.2. The Morgan fingerprint density at radius 1 is 1.00 bits per heavy atom. The average Bonchev–Trinajstić information content (AvgIpc) is 3.13. The second-order valence-corrected chi connectivity index (χ2v) is 8.61. The van der Waals surface area contributed by atoms with Crippen LogP contribution in [0.4, 0.5) is 4.79 Å². The number of nitrogens with zero attached hydrogens (tertiary/aromatic N) is 2. The van der Waals surface area contributed by atoms with Gasteiger partial charge >= 0.3 is 6.03 Å². The predicted octanol–water partition coefficient (Wildman–Crippen LogP) is 1.43. The van der Waals surface area contributed by atoms with Gasteiger partial charge < -0.3 is 10.1 Å². The number of piperazine rings is 1. The lowest BCUT2D eigenvalue weighted by molar-refractivity contribution is -0.121. The van der Waals surface area contributed by atoms with Gasteiger partial charge in [0, 0.05) is 45.4 Å². The third-order valence-corrected chi connectivity index (χ3v) is 6.59. The molecule has 3 fully saturated rings. The first-order valence-electron chi connectivity index (χ1n) is 10.7. The van der Waals surface area contributed by atoms with Crippen molar-refractivity contribution in [1.82, 2.24) is 20.4 Å². The standard InChI is InChI=1S/C20H36N4O3/c1-15-5-3-7-18(16(15)2)21-20(26)22-19(25)14-24-10-8-23(9-11-24)13-17-6-4-12-27-17/h15-18H,3-14H2,1-2H3,(H2,21,22,25,26)/t15-,16+,17-,18-/m0/s1. The Labute approximate surface area is 163 Å². The summed E-state index contributed by atoms with van der Waals surface area (Å²) in [6, 6.07) is -0.175. The lowest BCUT2D eigenvalue weighted by Gasteiger charge is -2.35. The third kappa shape index (κ3) is 6.16. The molecule has 2 saturated heterocycles. The highest BCUT2D eigenvalue weighted by atomic mass is 16.5. The highest BCUT2D eigenvalue weighted by Gasteiger charge is 2.29. The average molecular weight is 381 g/mol. The normalized spacial score (nSPS) is 33.0. The molecule has 2 N–H and O–H groups in total. The molecule has 0 radical (unpaired) electrons. The van der Waals surface area contributed by atoms with E-state index in [4.69, 9.17) is 4.74 Å². The molecule has 1 saturated carbocycles. The van der Waals surface area contributed by atoms with E-state index in [1.54, 1.807) is 0 Å². The summed E-state index contributed by atoms with van der Waals surface area (Å²) in [5.74, 6) is 0.860. The van der Waals surface area contributed by atoms with Gasteiger partial charge in [0.15, 0.2) is 0 Å². The summed E-state index contributed by atoms with van der Waals surface area (Å²) in [5, 5.41) is 5.52. The van der Waals surface area contributed by atoms with E-state index < -0.39 is 0 Å². The van der Waals surface area contributed by atoms with Gasteiger partial charge in [0.1, 0.15) is 0 Å². The second kappa shape index (κ2) is 9.85. The van der Waals surface area contributed by atoms with Gasteiger partial charge in [-0.2, -0.15) is 0 Å². The number of hydrogen-bond donors (Lipinski definition) is 2. The molecule has 0 unspecified atom stereocenters. The first kappa shape index (κ1) is 20.6. The molecule has 0 bridgehead atoms. The van der Waals surface area contributed by atoms with Crippen LogP contribution in [-0.2, 0) is 9.53 Å². The van der Waals surface area contributed by atoms with Crippen LogP contribution in [0.3, 0.4) is 0 Å². The third-order valence-electron chi connectivity index (χ3n) is 6.59. The lowest BCUT2D eigenvalue weighted by Crippen LogP contribution is -2.53. The van der Waals surface area contributed by atoms with E-state index >= 15 is 0 Å². The Morgan fingerprint density at radius 3 is 2.44 bits per heavy atom. The molecule has 7 heteroatoms. The number of amides is 3. The number of hydrogen-bond acceptors (Lipinski definition) is 5. The van der Waals surface area contributed by atoms with Crippen LogP contribution >= 0.6 is 0 Å². The summed E-state index contributed by atoms with van der Waals surface area (Å²) in [6.07, 6.45) is 6.08. The minimum Gasteiger partial charge on any atom is -0.377 e. The molecule has 3 aliphatic rings. The minimum atomic E-state index is -0.344. The molecule has 2 heterocycles. The van der Waals surface area contributed by atoms with Gasteiger partial charge in [-0.15, -0.1) is 0 Å². The van der Waals surface area contributed by atoms with Crippen molar-refractivity contribution in [2.75, 3.05) is 45.9 Å². The van der Waals surface area contributed by atoms with E-state index in [0.717, 1.165) is 58.6 Å². The first-order chi connectivity index (χ1) is 13.0. The summed E-state index contributed by atoms with van der Waals surface area (Å²) in [7, 11) is 0. The van der Waals surface area contributed by atoms with Crippen molar-refractivity contribution in [3.05, 3.63) is 0 Å². The molecule has 3 amide bonds. The number of imide groups is 1. The zero-order valence-corrected chi connectivity index (χ0v) is 16.9. The fraction of sp³-hybridized carbons (Fsp3) is 0.900. The summed E-state index contributed by atoms with van der Waals surface area (Å²) in [6.45, 7) is 10.2. The van der Waals surface area contributed by atoms with Crippen LogP contribution in [0, 0.1) is 11.8 Å². The molecule has 2 aliphatic heterocycles. The zero-order chi connectivity index (χ0) is 19.2. The lowest BCUT2D eigenvalue weighted by atomic mass is 9.78. The van der Waals surface area contributed by atoms with Crippen LogP contribution in [0.25, 0.3) is 0 Å². The number of urea groups is 1. The molecule has 0 aromatic carbocycles. The van der Waals surface area contributed by atoms with Crippen molar-refractivity contribution in [2.24, 2.45) is 11.8 Å². The van der Waals surface area contributed by atoms with E-state index in [0.29, 0.717) is 17.9 Å². The first-order valence-corrected chi connectivity index (χ1v) is 10.7. The van der Waals surface area contributed by atoms with Crippen molar-refractivity contribution in [1.29, 1.82) is 0 Å². The van der Waals surface area contributed by atoms with Gasteiger partial charge in [-0.25, -0.2) is 4.79 Å². The fourth-order valence-electron chi connectivity index (χ4n) is 4.57. The van der Waals surface area contributed by atoms with Crippen molar-refractivity contribution in [3.63, 3.8) is 0 Å². The smallest absolute Gasteiger partial charge is 0.321 e. The Morgan fingerprint density at radius 2 is 1.74 bits per heavy atom. The van der Waals surface area contributed by atoms with E-state index in [1.807, 2.05) is 0 Å². The van der Waals surface area contributed by atoms with Crippen molar-refractivity contribution < 1.29 is 14.3 Å². The van der Waals surface area contributed by atoms with Crippen LogP contribution in [0.1, 0.15) is 46.0 Å². The van der Waals surface area contributed by atoms with Gasteiger partial charge in [0.05, 0.1) is 12.6 Å². The van der Waals surface area contributed by atoms with Crippen molar-refractivity contribution >= 4 is 11.9 Å². The van der Waals surface area contributed by atoms with Crippen LogP contribution < -0.4 is 10.6 Å². The molecule has 0 aromatic rings. The molecule has 27 heavy (non-hydrogen) atoms. The Hall–Kier alpha value is -1.18. The number of carbonyl (C=O) groups is 2. The molecule has 1 aliphatic carbocycles.